The first-order chi connectivity index (χ1) is 12.1. The smallest absolute Gasteiger partial charge is 0.224 e. The van der Waals surface area contributed by atoms with Crippen LogP contribution in [0.1, 0.15) is 29.6 Å². The lowest BCUT2D eigenvalue weighted by molar-refractivity contribution is -0.116. The number of fused-ring (bicyclic) bond motifs is 1. The van der Waals surface area contributed by atoms with Crippen LogP contribution >= 0.6 is 0 Å². The first-order valence-electron chi connectivity index (χ1n) is 8.10. The number of ether oxygens (including phenoxy) is 2. The number of nitrogens with one attached hydrogen (secondary N) is 1. The number of hydrogen-bond acceptors (Lipinski definition) is 4. The fourth-order valence-corrected chi connectivity index (χ4v) is 2.46. The average molecular weight is 343 g/mol. The molecule has 0 radical (unpaired) electrons. The van der Waals surface area contributed by atoms with Crippen LogP contribution in [0.25, 0.3) is 0 Å². The minimum atomic E-state index is -0.373. The molecule has 0 spiro atoms. The molecule has 5 nitrogen and oxygen atoms in total. The van der Waals surface area contributed by atoms with Crippen LogP contribution < -0.4 is 14.8 Å². The van der Waals surface area contributed by atoms with Crippen LogP contribution in [0.5, 0.6) is 11.5 Å². The van der Waals surface area contributed by atoms with Gasteiger partial charge in [-0.1, -0.05) is 0 Å². The number of carbonyl (C=O) groups is 2. The predicted molar refractivity (Wildman–Crippen MR) is 90.6 cm³/mol. The molecule has 1 N–H and O–H groups in total. The van der Waals surface area contributed by atoms with Crippen LogP contribution in [0.2, 0.25) is 0 Å². The number of carbonyl (C=O) groups excluding carboxylic acids is 2. The number of hydrogen-bond donors (Lipinski definition) is 1. The van der Waals surface area contributed by atoms with Gasteiger partial charge in [0.05, 0.1) is 13.2 Å². The van der Waals surface area contributed by atoms with Crippen molar-refractivity contribution in [1.29, 1.82) is 0 Å². The van der Waals surface area contributed by atoms with Crippen molar-refractivity contribution in [3.8, 4) is 11.5 Å². The summed E-state index contributed by atoms with van der Waals surface area (Å²) in [4.78, 5) is 24.2. The number of anilines is 1. The molecule has 0 saturated heterocycles. The van der Waals surface area contributed by atoms with Crippen molar-refractivity contribution in [2.75, 3.05) is 18.5 Å². The Labute approximate surface area is 144 Å². The maximum Gasteiger partial charge on any atom is 0.224 e. The Morgan fingerprint density at radius 1 is 0.960 bits per heavy atom. The average Bonchev–Trinajstić information content (AvgIpc) is 2.86. The highest BCUT2D eigenvalue weighted by Gasteiger charge is 2.15. The summed E-state index contributed by atoms with van der Waals surface area (Å²) in [6, 6.07) is 10.5. The van der Waals surface area contributed by atoms with Crippen molar-refractivity contribution < 1.29 is 23.5 Å². The van der Waals surface area contributed by atoms with Crippen molar-refractivity contribution >= 4 is 17.4 Å². The minimum absolute atomic E-state index is 0.0463. The second-order valence-electron chi connectivity index (χ2n) is 5.69. The summed E-state index contributed by atoms with van der Waals surface area (Å²) < 4.78 is 23.9. The van der Waals surface area contributed by atoms with E-state index >= 15 is 0 Å². The minimum Gasteiger partial charge on any atom is -0.490 e. The van der Waals surface area contributed by atoms with Gasteiger partial charge >= 0.3 is 0 Å². The lowest BCUT2D eigenvalue weighted by atomic mass is 10.1. The number of ketones is 1. The molecule has 1 amide bonds. The van der Waals surface area contributed by atoms with Crippen LogP contribution in [0.3, 0.4) is 0 Å². The molecule has 0 unspecified atom stereocenters. The van der Waals surface area contributed by atoms with Crippen LogP contribution in [0, 0.1) is 5.82 Å². The first-order valence-corrected chi connectivity index (χ1v) is 8.10. The lowest BCUT2D eigenvalue weighted by Crippen LogP contribution is -2.13. The van der Waals surface area contributed by atoms with Crippen molar-refractivity contribution in [3.63, 3.8) is 0 Å². The molecule has 25 heavy (non-hydrogen) atoms. The zero-order valence-electron chi connectivity index (χ0n) is 13.6. The quantitative estimate of drug-likeness (QED) is 0.843. The van der Waals surface area contributed by atoms with E-state index in [1.165, 1.54) is 24.3 Å². The normalized spacial score (nSPS) is 13.0. The van der Waals surface area contributed by atoms with E-state index in [2.05, 4.69) is 5.32 Å². The molecule has 0 aliphatic carbocycles. The van der Waals surface area contributed by atoms with Crippen LogP contribution in [0.15, 0.2) is 42.5 Å². The Balaban J connectivity index is 1.56. The Kier molecular flexibility index (Phi) is 5.28. The van der Waals surface area contributed by atoms with Crippen LogP contribution in [-0.4, -0.2) is 24.9 Å². The molecule has 0 fully saturated rings. The van der Waals surface area contributed by atoms with E-state index in [9.17, 15) is 14.0 Å². The summed E-state index contributed by atoms with van der Waals surface area (Å²) in [5.74, 6) is 0.365. The molecule has 6 heteroatoms. The van der Waals surface area contributed by atoms with Gasteiger partial charge < -0.3 is 14.8 Å². The summed E-state index contributed by atoms with van der Waals surface area (Å²) in [6.45, 7) is 1.13. The van der Waals surface area contributed by atoms with Gasteiger partial charge in [-0.15, -0.1) is 0 Å². The van der Waals surface area contributed by atoms with Crippen molar-refractivity contribution in [3.05, 3.63) is 53.8 Å². The Morgan fingerprint density at radius 3 is 2.44 bits per heavy atom. The number of Topliss-reactive ketones (excluding diaryl/α,β-unsaturated/α-hetero) is 1. The Bertz CT molecular complexity index is 773. The van der Waals surface area contributed by atoms with E-state index < -0.39 is 0 Å². The summed E-state index contributed by atoms with van der Waals surface area (Å²) in [6.07, 6.45) is 0.916. The van der Waals surface area contributed by atoms with Crippen LogP contribution in [-0.2, 0) is 4.79 Å². The van der Waals surface area contributed by atoms with E-state index in [1.807, 2.05) is 0 Å². The molecule has 2 aromatic carbocycles. The van der Waals surface area contributed by atoms with Gasteiger partial charge in [-0.3, -0.25) is 9.59 Å². The monoisotopic (exact) mass is 343 g/mol. The van der Waals surface area contributed by atoms with E-state index in [0.717, 1.165) is 6.42 Å². The predicted octanol–water partition coefficient (Wildman–Crippen LogP) is 3.59. The standard InChI is InChI=1S/C19H18FNO4/c20-14-3-5-15(6-4-14)21-19(23)9-7-16(22)13-2-8-17-18(12-13)25-11-1-10-24-17/h2-6,8,12H,1,7,9-11H2,(H,21,23). The highest BCUT2D eigenvalue weighted by molar-refractivity contribution is 6.00. The fraction of sp³-hybridized carbons (Fsp3) is 0.263. The van der Waals surface area contributed by atoms with E-state index in [4.69, 9.17) is 9.47 Å². The molecule has 1 heterocycles. The van der Waals surface area contributed by atoms with E-state index in [1.54, 1.807) is 18.2 Å². The van der Waals surface area contributed by atoms with Crippen molar-refractivity contribution in [1.82, 2.24) is 0 Å². The van der Waals surface area contributed by atoms with Gasteiger partial charge in [0, 0.05) is 30.5 Å². The summed E-state index contributed by atoms with van der Waals surface area (Å²) in [5, 5.41) is 2.63. The zero-order valence-corrected chi connectivity index (χ0v) is 13.6. The maximum atomic E-state index is 12.8. The molecule has 0 bridgehead atoms. The number of amides is 1. The summed E-state index contributed by atoms with van der Waals surface area (Å²) >= 11 is 0. The molecule has 1 aliphatic heterocycles. The highest BCUT2D eigenvalue weighted by Crippen LogP contribution is 2.30. The zero-order chi connectivity index (χ0) is 17.6. The Morgan fingerprint density at radius 2 is 1.68 bits per heavy atom. The molecule has 130 valence electrons. The topological polar surface area (TPSA) is 64.6 Å². The molecule has 3 rings (SSSR count). The molecule has 1 aliphatic rings. The fourth-order valence-electron chi connectivity index (χ4n) is 2.46. The van der Waals surface area contributed by atoms with Gasteiger partial charge in [0.1, 0.15) is 5.82 Å². The summed E-state index contributed by atoms with van der Waals surface area (Å²) in [5.41, 5.74) is 0.980. The van der Waals surface area contributed by atoms with Crippen LogP contribution in [0.4, 0.5) is 10.1 Å². The third kappa shape index (κ3) is 4.56. The van der Waals surface area contributed by atoms with Gasteiger partial charge in [0.15, 0.2) is 17.3 Å². The van der Waals surface area contributed by atoms with Gasteiger partial charge in [-0.25, -0.2) is 4.39 Å². The highest BCUT2D eigenvalue weighted by atomic mass is 19.1. The molecule has 2 aromatic rings. The second kappa shape index (κ2) is 7.79. The lowest BCUT2D eigenvalue weighted by Gasteiger charge is -2.09. The second-order valence-corrected chi connectivity index (χ2v) is 5.69. The van der Waals surface area contributed by atoms with Gasteiger partial charge in [0.2, 0.25) is 5.91 Å². The number of rotatable bonds is 5. The molecule has 0 aromatic heterocycles. The van der Waals surface area contributed by atoms with Crippen molar-refractivity contribution in [2.24, 2.45) is 0 Å². The molecule has 0 saturated carbocycles. The maximum absolute atomic E-state index is 12.8. The third-order valence-corrected chi connectivity index (χ3v) is 3.78. The largest absolute Gasteiger partial charge is 0.490 e. The van der Waals surface area contributed by atoms with Gasteiger partial charge in [-0.2, -0.15) is 0 Å². The van der Waals surface area contributed by atoms with Gasteiger partial charge in [0.25, 0.3) is 0 Å². The SMILES string of the molecule is O=C(CCC(=O)c1ccc2c(c1)OCCCO2)Nc1ccc(F)cc1. The van der Waals surface area contributed by atoms with Gasteiger partial charge in [-0.05, 0) is 42.5 Å². The molecule has 0 atom stereocenters. The van der Waals surface area contributed by atoms with Crippen molar-refractivity contribution in [2.45, 2.75) is 19.3 Å². The number of halogens is 1. The molecular formula is C19H18FNO4. The summed E-state index contributed by atoms with van der Waals surface area (Å²) in [7, 11) is 0. The van der Waals surface area contributed by atoms with E-state index in [-0.39, 0.29) is 30.3 Å². The third-order valence-electron chi connectivity index (χ3n) is 3.78. The molecular weight excluding hydrogens is 325 g/mol. The Hall–Kier alpha value is -2.89. The van der Waals surface area contributed by atoms with E-state index in [0.29, 0.717) is 36.0 Å². The first kappa shape index (κ1) is 17.0. The number of benzene rings is 2.